The van der Waals surface area contributed by atoms with Crippen LogP contribution in [0.25, 0.3) is 0 Å². The second-order valence-corrected chi connectivity index (χ2v) is 3.65. The Morgan fingerprint density at radius 1 is 1.00 bits per heavy atom. The second-order valence-electron chi connectivity index (χ2n) is 3.65. The van der Waals surface area contributed by atoms with Crippen molar-refractivity contribution in [3.63, 3.8) is 0 Å². The Morgan fingerprint density at radius 3 is 1.89 bits per heavy atom. The highest BCUT2D eigenvalue weighted by atomic mass is 16.5. The van der Waals surface area contributed by atoms with E-state index in [1.165, 1.54) is 6.08 Å². The van der Waals surface area contributed by atoms with E-state index in [4.69, 9.17) is 4.74 Å². The lowest BCUT2D eigenvalue weighted by Crippen LogP contribution is -2.02. The molecule has 0 saturated carbocycles. The van der Waals surface area contributed by atoms with Gasteiger partial charge >= 0.3 is 11.9 Å². The van der Waals surface area contributed by atoms with Crippen molar-refractivity contribution in [2.75, 3.05) is 13.2 Å². The Kier molecular flexibility index (Phi) is 16.6. The van der Waals surface area contributed by atoms with Gasteiger partial charge in [0.1, 0.15) is 0 Å². The van der Waals surface area contributed by atoms with Gasteiger partial charge in [-0.15, -0.1) is 0 Å². The molecule has 0 aliphatic heterocycles. The van der Waals surface area contributed by atoms with Crippen LogP contribution < -0.4 is 0 Å². The third kappa shape index (κ3) is 17.1. The summed E-state index contributed by atoms with van der Waals surface area (Å²) in [7, 11) is 0. The molecule has 0 rings (SSSR count). The van der Waals surface area contributed by atoms with E-state index in [-0.39, 0.29) is 11.9 Å². The maximum atomic E-state index is 10.5. The molecule has 0 fully saturated rings. The van der Waals surface area contributed by atoms with Crippen molar-refractivity contribution in [2.45, 2.75) is 52.9 Å². The summed E-state index contributed by atoms with van der Waals surface area (Å²) < 4.78 is 9.47. The van der Waals surface area contributed by atoms with E-state index in [1.54, 1.807) is 6.92 Å². The number of carbonyl (C=O) groups excluding carboxylic acids is 2. The minimum absolute atomic E-state index is 0.0940. The predicted octanol–water partition coefficient (Wildman–Crippen LogP) is 3.26. The number of unbranched alkanes of at least 4 members (excludes halogenated alkanes) is 2. The van der Waals surface area contributed by atoms with Gasteiger partial charge in [0.15, 0.2) is 0 Å². The van der Waals surface area contributed by atoms with Crippen LogP contribution in [0.2, 0.25) is 0 Å². The molecular formula is C14H26O4. The minimum Gasteiger partial charge on any atom is -0.466 e. The highest BCUT2D eigenvalue weighted by Crippen LogP contribution is 1.90. The number of carbonyl (C=O) groups is 2. The molecule has 0 spiro atoms. The number of hydrogen-bond acceptors (Lipinski definition) is 4. The van der Waals surface area contributed by atoms with Crippen LogP contribution in [-0.4, -0.2) is 25.2 Å². The molecule has 0 unspecified atom stereocenters. The molecule has 0 radical (unpaired) electrons. The van der Waals surface area contributed by atoms with Gasteiger partial charge in [-0.1, -0.05) is 40.2 Å². The highest BCUT2D eigenvalue weighted by molar-refractivity contribution is 5.81. The molecule has 106 valence electrons. The summed E-state index contributed by atoms with van der Waals surface area (Å²) in [5.74, 6) is -0.424. The lowest BCUT2D eigenvalue weighted by molar-refractivity contribution is -0.143. The zero-order valence-corrected chi connectivity index (χ0v) is 11.9. The molecule has 4 nitrogen and oxygen atoms in total. The Morgan fingerprint density at radius 2 is 1.50 bits per heavy atom. The third-order valence-corrected chi connectivity index (χ3v) is 1.96. The molecule has 0 atom stereocenters. The van der Waals surface area contributed by atoms with E-state index in [9.17, 15) is 9.59 Å². The maximum Gasteiger partial charge on any atom is 0.330 e. The van der Waals surface area contributed by atoms with Gasteiger partial charge in [-0.25, -0.2) is 4.79 Å². The first-order valence-electron chi connectivity index (χ1n) is 6.57. The summed E-state index contributed by atoms with van der Waals surface area (Å²) in [5, 5.41) is 0. The predicted molar refractivity (Wildman–Crippen MR) is 72.2 cm³/mol. The van der Waals surface area contributed by atoms with E-state index < -0.39 is 0 Å². The standard InChI is InChI=1S/C7H14O2.C7H12O2/c2*1-3-5-6-9-7(8)4-2/h3-6H2,1-2H3;4H,2-3,5-6H2,1H3. The van der Waals surface area contributed by atoms with Gasteiger partial charge in [0, 0.05) is 12.5 Å². The second kappa shape index (κ2) is 15.7. The first-order chi connectivity index (χ1) is 8.62. The van der Waals surface area contributed by atoms with Crippen LogP contribution >= 0.6 is 0 Å². The number of hydrogen-bond donors (Lipinski definition) is 0. The molecule has 0 aromatic heterocycles. The average Bonchev–Trinajstić information content (AvgIpc) is 2.39. The van der Waals surface area contributed by atoms with Crippen LogP contribution in [0.3, 0.4) is 0 Å². The fourth-order valence-electron chi connectivity index (χ4n) is 0.808. The number of ether oxygens (including phenoxy) is 2. The Labute approximate surface area is 110 Å². The summed E-state index contributed by atoms with van der Waals surface area (Å²) in [5.41, 5.74) is 0. The van der Waals surface area contributed by atoms with Crippen LogP contribution in [0.1, 0.15) is 52.9 Å². The van der Waals surface area contributed by atoms with Gasteiger partial charge in [-0.3, -0.25) is 4.79 Å². The van der Waals surface area contributed by atoms with Crippen LogP contribution in [0.5, 0.6) is 0 Å². The Balaban J connectivity index is 0. The molecule has 0 N–H and O–H groups in total. The molecule has 0 aliphatic carbocycles. The summed E-state index contributed by atoms with van der Waals surface area (Å²) in [6, 6.07) is 0. The summed E-state index contributed by atoms with van der Waals surface area (Å²) in [6.07, 6.45) is 5.70. The summed E-state index contributed by atoms with van der Waals surface area (Å²) in [6.45, 7) is 10.3. The van der Waals surface area contributed by atoms with Gasteiger partial charge in [0.2, 0.25) is 0 Å². The van der Waals surface area contributed by atoms with Crippen molar-refractivity contribution in [3.05, 3.63) is 12.7 Å². The van der Waals surface area contributed by atoms with Crippen molar-refractivity contribution in [2.24, 2.45) is 0 Å². The first kappa shape index (κ1) is 19.0. The quantitative estimate of drug-likeness (QED) is 0.381. The minimum atomic E-state index is -0.330. The molecule has 0 bridgehead atoms. The first-order valence-corrected chi connectivity index (χ1v) is 6.57. The van der Waals surface area contributed by atoms with Crippen molar-refractivity contribution in [1.29, 1.82) is 0 Å². The molecule has 0 saturated heterocycles. The zero-order valence-electron chi connectivity index (χ0n) is 11.9. The third-order valence-electron chi connectivity index (χ3n) is 1.96. The Hall–Kier alpha value is -1.32. The average molecular weight is 258 g/mol. The maximum absolute atomic E-state index is 10.5. The fourth-order valence-corrected chi connectivity index (χ4v) is 0.808. The van der Waals surface area contributed by atoms with Gasteiger partial charge in [-0.2, -0.15) is 0 Å². The van der Waals surface area contributed by atoms with E-state index in [1.807, 2.05) is 6.92 Å². The lowest BCUT2D eigenvalue weighted by Gasteiger charge is -1.99. The van der Waals surface area contributed by atoms with Gasteiger partial charge in [-0.05, 0) is 12.8 Å². The van der Waals surface area contributed by atoms with E-state index >= 15 is 0 Å². The lowest BCUT2D eigenvalue weighted by atomic mass is 10.4. The van der Waals surface area contributed by atoms with Gasteiger partial charge in [0.05, 0.1) is 13.2 Å². The van der Waals surface area contributed by atoms with E-state index in [0.29, 0.717) is 19.6 Å². The summed E-state index contributed by atoms with van der Waals surface area (Å²) >= 11 is 0. The summed E-state index contributed by atoms with van der Waals surface area (Å²) in [4.78, 5) is 20.8. The largest absolute Gasteiger partial charge is 0.466 e. The molecule has 0 aromatic rings. The van der Waals surface area contributed by atoms with Crippen molar-refractivity contribution in [3.8, 4) is 0 Å². The highest BCUT2D eigenvalue weighted by Gasteiger charge is 1.94. The van der Waals surface area contributed by atoms with E-state index in [0.717, 1.165) is 25.7 Å². The van der Waals surface area contributed by atoms with Crippen LogP contribution in [0.4, 0.5) is 0 Å². The van der Waals surface area contributed by atoms with E-state index in [2.05, 4.69) is 18.2 Å². The molecular weight excluding hydrogens is 232 g/mol. The molecule has 0 aliphatic rings. The van der Waals surface area contributed by atoms with Crippen LogP contribution in [0, 0.1) is 0 Å². The monoisotopic (exact) mass is 258 g/mol. The molecule has 0 aromatic carbocycles. The van der Waals surface area contributed by atoms with Crippen LogP contribution in [0.15, 0.2) is 12.7 Å². The smallest absolute Gasteiger partial charge is 0.330 e. The Bertz CT molecular complexity index is 224. The van der Waals surface area contributed by atoms with Crippen LogP contribution in [-0.2, 0) is 19.1 Å². The SMILES string of the molecule is C=CC(=O)OCCCC.CCCCOC(=O)CC. The molecule has 4 heteroatoms. The van der Waals surface area contributed by atoms with Gasteiger partial charge in [0.25, 0.3) is 0 Å². The zero-order chi connectivity index (χ0) is 14.2. The number of esters is 2. The number of rotatable bonds is 8. The normalized spacial score (nSPS) is 8.83. The van der Waals surface area contributed by atoms with Crippen molar-refractivity contribution < 1.29 is 19.1 Å². The molecule has 0 heterocycles. The molecule has 18 heavy (non-hydrogen) atoms. The molecule has 0 amide bonds. The van der Waals surface area contributed by atoms with Crippen molar-refractivity contribution >= 4 is 11.9 Å². The topological polar surface area (TPSA) is 52.6 Å². The van der Waals surface area contributed by atoms with Gasteiger partial charge < -0.3 is 9.47 Å². The fraction of sp³-hybridized carbons (Fsp3) is 0.714. The van der Waals surface area contributed by atoms with Crippen molar-refractivity contribution in [1.82, 2.24) is 0 Å².